The van der Waals surface area contributed by atoms with Crippen LogP contribution in [0.4, 0.5) is 4.39 Å². The molecule has 29 heavy (non-hydrogen) atoms. The summed E-state index contributed by atoms with van der Waals surface area (Å²) >= 11 is 0. The summed E-state index contributed by atoms with van der Waals surface area (Å²) in [5, 5.41) is 0. The van der Waals surface area contributed by atoms with Crippen molar-refractivity contribution >= 4 is 12.2 Å². The molecule has 0 N–H and O–H groups in total. The molecule has 5 nitrogen and oxygen atoms in total. The van der Waals surface area contributed by atoms with Gasteiger partial charge in [0.05, 0.1) is 5.56 Å². The van der Waals surface area contributed by atoms with Gasteiger partial charge in [-0.1, -0.05) is 23.8 Å². The fourth-order valence-corrected chi connectivity index (χ4v) is 3.70. The van der Waals surface area contributed by atoms with E-state index < -0.39 is 0 Å². The first-order chi connectivity index (χ1) is 13.9. The molecule has 3 rings (SSSR count). The Balaban J connectivity index is 1.58. The molecule has 0 radical (unpaired) electrons. The minimum absolute atomic E-state index is 0.0336. The third kappa shape index (κ3) is 5.21. The zero-order chi connectivity index (χ0) is 21.0. The molecule has 0 bridgehead atoms. The van der Waals surface area contributed by atoms with Crippen LogP contribution in [0.1, 0.15) is 35.3 Å². The van der Waals surface area contributed by atoms with Crippen LogP contribution >= 0.6 is 0 Å². The number of nitrogens with zero attached hydrogens (tertiary/aromatic N) is 2. The summed E-state index contributed by atoms with van der Waals surface area (Å²) in [5.74, 6) is 0.0923. The SMILES string of the molecule is Cc1ccc(OCC(=O)N2C[C@@H](C)N(Cc3ccc(F)cc3)C[C@@H]2C)c(C=O)c1. The number of aldehydes is 1. The van der Waals surface area contributed by atoms with Crippen LogP contribution in [-0.4, -0.2) is 53.8 Å². The predicted octanol–water partition coefficient (Wildman–Crippen LogP) is 3.45. The molecule has 2 aromatic carbocycles. The molecule has 1 aliphatic rings. The zero-order valence-electron chi connectivity index (χ0n) is 17.1. The maximum Gasteiger partial charge on any atom is 0.260 e. The number of hydrogen-bond donors (Lipinski definition) is 0. The normalized spacial score (nSPS) is 19.8. The van der Waals surface area contributed by atoms with Crippen molar-refractivity contribution in [1.82, 2.24) is 9.80 Å². The lowest BCUT2D eigenvalue weighted by atomic mass is 10.1. The number of rotatable bonds is 6. The van der Waals surface area contributed by atoms with Crippen molar-refractivity contribution in [2.75, 3.05) is 19.7 Å². The van der Waals surface area contributed by atoms with Crippen LogP contribution in [0.5, 0.6) is 5.75 Å². The molecule has 0 unspecified atom stereocenters. The lowest BCUT2D eigenvalue weighted by molar-refractivity contribution is -0.139. The molecular weight excluding hydrogens is 371 g/mol. The van der Waals surface area contributed by atoms with Gasteiger partial charge in [-0.15, -0.1) is 0 Å². The van der Waals surface area contributed by atoms with Crippen molar-refractivity contribution < 1.29 is 18.7 Å². The lowest BCUT2D eigenvalue weighted by Crippen LogP contribution is -2.58. The molecule has 0 saturated carbocycles. The lowest BCUT2D eigenvalue weighted by Gasteiger charge is -2.44. The van der Waals surface area contributed by atoms with E-state index in [9.17, 15) is 14.0 Å². The minimum atomic E-state index is -0.239. The topological polar surface area (TPSA) is 49.9 Å². The molecule has 0 aromatic heterocycles. The first-order valence-electron chi connectivity index (χ1n) is 9.84. The standard InChI is InChI=1S/C23H27FN2O3/c1-16-4-9-22(20(10-16)14-27)29-15-23(28)26-12-17(2)25(11-18(26)3)13-19-5-7-21(24)8-6-19/h4-10,14,17-18H,11-13,15H2,1-3H3/t17-,18+/m1/s1. The van der Waals surface area contributed by atoms with Gasteiger partial charge in [0.25, 0.3) is 5.91 Å². The maximum atomic E-state index is 13.1. The van der Waals surface area contributed by atoms with Crippen molar-refractivity contribution in [3.63, 3.8) is 0 Å². The summed E-state index contributed by atoms with van der Waals surface area (Å²) < 4.78 is 18.8. The van der Waals surface area contributed by atoms with Crippen LogP contribution in [-0.2, 0) is 11.3 Å². The van der Waals surface area contributed by atoms with Gasteiger partial charge in [-0.2, -0.15) is 0 Å². The number of hydrogen-bond acceptors (Lipinski definition) is 4. The monoisotopic (exact) mass is 398 g/mol. The van der Waals surface area contributed by atoms with Crippen LogP contribution in [0, 0.1) is 12.7 Å². The van der Waals surface area contributed by atoms with E-state index in [-0.39, 0.29) is 30.4 Å². The smallest absolute Gasteiger partial charge is 0.260 e. The van der Waals surface area contributed by atoms with Crippen LogP contribution in [0.25, 0.3) is 0 Å². The quantitative estimate of drug-likeness (QED) is 0.700. The molecule has 0 aliphatic carbocycles. The molecule has 2 aromatic rings. The van der Waals surface area contributed by atoms with E-state index >= 15 is 0 Å². The molecule has 2 atom stereocenters. The summed E-state index contributed by atoms with van der Waals surface area (Å²) in [5.41, 5.74) is 2.46. The third-order valence-corrected chi connectivity index (χ3v) is 5.38. The van der Waals surface area contributed by atoms with Gasteiger partial charge in [0.2, 0.25) is 0 Å². The second-order valence-corrected chi connectivity index (χ2v) is 7.75. The highest BCUT2D eigenvalue weighted by Crippen LogP contribution is 2.21. The second-order valence-electron chi connectivity index (χ2n) is 7.75. The number of carbonyl (C=O) groups excluding carboxylic acids is 2. The molecule has 154 valence electrons. The van der Waals surface area contributed by atoms with E-state index in [2.05, 4.69) is 11.8 Å². The van der Waals surface area contributed by atoms with E-state index in [1.54, 1.807) is 24.3 Å². The fourth-order valence-electron chi connectivity index (χ4n) is 3.70. The van der Waals surface area contributed by atoms with Gasteiger partial charge in [0, 0.05) is 31.7 Å². The second kappa shape index (κ2) is 9.18. The van der Waals surface area contributed by atoms with Crippen LogP contribution in [0.15, 0.2) is 42.5 Å². The molecular formula is C23H27FN2O3. The van der Waals surface area contributed by atoms with E-state index in [0.717, 1.165) is 30.5 Å². The summed E-state index contributed by atoms with van der Waals surface area (Å²) in [6.45, 7) is 7.95. The molecule has 1 heterocycles. The van der Waals surface area contributed by atoms with Gasteiger partial charge in [0.1, 0.15) is 11.6 Å². The summed E-state index contributed by atoms with van der Waals surface area (Å²) in [4.78, 5) is 28.1. The third-order valence-electron chi connectivity index (χ3n) is 5.38. The van der Waals surface area contributed by atoms with Crippen molar-refractivity contribution in [2.24, 2.45) is 0 Å². The molecule has 0 spiro atoms. The maximum absolute atomic E-state index is 13.1. The highest BCUT2D eigenvalue weighted by Gasteiger charge is 2.32. The Labute approximate surface area is 171 Å². The van der Waals surface area contributed by atoms with Crippen LogP contribution in [0.3, 0.4) is 0 Å². The van der Waals surface area contributed by atoms with Crippen LogP contribution < -0.4 is 4.74 Å². The predicted molar refractivity (Wildman–Crippen MR) is 110 cm³/mol. The fraction of sp³-hybridized carbons (Fsp3) is 0.391. The Bertz CT molecular complexity index is 869. The van der Waals surface area contributed by atoms with Crippen molar-refractivity contribution in [2.45, 2.75) is 39.4 Å². The summed E-state index contributed by atoms with van der Waals surface area (Å²) in [6, 6.07) is 12.1. The van der Waals surface area contributed by atoms with Gasteiger partial charge in [-0.3, -0.25) is 14.5 Å². The van der Waals surface area contributed by atoms with Crippen molar-refractivity contribution in [3.8, 4) is 5.75 Å². The Hall–Kier alpha value is -2.73. The van der Waals surface area contributed by atoms with E-state index in [4.69, 9.17) is 4.74 Å². The molecule has 1 aliphatic heterocycles. The Kier molecular flexibility index (Phi) is 6.64. The molecule has 1 amide bonds. The van der Waals surface area contributed by atoms with E-state index in [1.165, 1.54) is 12.1 Å². The number of piperazine rings is 1. The zero-order valence-corrected chi connectivity index (χ0v) is 17.1. The molecule has 1 fully saturated rings. The molecule has 1 saturated heterocycles. The number of carbonyl (C=O) groups is 2. The number of benzene rings is 2. The summed E-state index contributed by atoms with van der Waals surface area (Å²) in [7, 11) is 0. The first-order valence-corrected chi connectivity index (χ1v) is 9.84. The summed E-state index contributed by atoms with van der Waals surface area (Å²) in [6.07, 6.45) is 0.742. The average Bonchev–Trinajstić information content (AvgIpc) is 2.70. The van der Waals surface area contributed by atoms with Gasteiger partial charge in [-0.05, 0) is 50.6 Å². The minimum Gasteiger partial charge on any atom is -0.483 e. The van der Waals surface area contributed by atoms with E-state index in [0.29, 0.717) is 17.9 Å². The number of amides is 1. The van der Waals surface area contributed by atoms with Crippen LogP contribution in [0.2, 0.25) is 0 Å². The van der Waals surface area contributed by atoms with Crippen molar-refractivity contribution in [3.05, 3.63) is 65.0 Å². The number of halogens is 1. The highest BCUT2D eigenvalue weighted by molar-refractivity contribution is 5.81. The number of ether oxygens (including phenoxy) is 1. The Morgan fingerprint density at radius 2 is 1.86 bits per heavy atom. The number of aryl methyl sites for hydroxylation is 1. The van der Waals surface area contributed by atoms with Gasteiger partial charge in [0.15, 0.2) is 12.9 Å². The molecule has 6 heteroatoms. The Morgan fingerprint density at radius 1 is 1.14 bits per heavy atom. The van der Waals surface area contributed by atoms with Gasteiger partial charge in [-0.25, -0.2) is 4.39 Å². The average molecular weight is 398 g/mol. The van der Waals surface area contributed by atoms with Gasteiger partial charge < -0.3 is 9.64 Å². The largest absolute Gasteiger partial charge is 0.483 e. The highest BCUT2D eigenvalue weighted by atomic mass is 19.1. The van der Waals surface area contributed by atoms with E-state index in [1.807, 2.05) is 24.8 Å². The van der Waals surface area contributed by atoms with Crippen molar-refractivity contribution in [1.29, 1.82) is 0 Å². The Morgan fingerprint density at radius 3 is 2.55 bits per heavy atom. The first kappa shape index (κ1) is 21.0. The van der Waals surface area contributed by atoms with Gasteiger partial charge >= 0.3 is 0 Å².